The molecule has 0 aliphatic rings. The van der Waals surface area contributed by atoms with Gasteiger partial charge >= 0.3 is 0 Å². The van der Waals surface area contributed by atoms with Gasteiger partial charge in [-0.25, -0.2) is 5.84 Å². The minimum Gasteiger partial charge on any atom is -0.383 e. The van der Waals surface area contributed by atoms with E-state index in [2.05, 4.69) is 10.4 Å². The highest BCUT2D eigenvalue weighted by Crippen LogP contribution is 2.12. The van der Waals surface area contributed by atoms with Gasteiger partial charge in [0.25, 0.3) is 0 Å². The number of nitrogens with two attached hydrogens (primary N) is 1. The Bertz CT molecular complexity index is 181. The number of hydrogen-bond donors (Lipinski definition) is 2. The van der Waals surface area contributed by atoms with Gasteiger partial charge in [-0.3, -0.25) is 4.99 Å². The van der Waals surface area contributed by atoms with E-state index in [0.717, 1.165) is 5.84 Å². The molecule has 0 heterocycles. The normalized spacial score (nSPS) is 13.1. The minimum absolute atomic E-state index is 0.252. The number of methoxy groups -OCH3 is 2. The first-order chi connectivity index (χ1) is 6.55. The molecule has 0 unspecified atom stereocenters. The zero-order valence-electron chi connectivity index (χ0n) is 9.46. The van der Waals surface area contributed by atoms with Gasteiger partial charge in [-0.1, -0.05) is 0 Å². The lowest BCUT2D eigenvalue weighted by atomic mass is 10.0. The largest absolute Gasteiger partial charge is 0.383 e. The van der Waals surface area contributed by atoms with Gasteiger partial charge in [0.15, 0.2) is 0 Å². The Morgan fingerprint density at radius 3 is 2.50 bits per heavy atom. The van der Waals surface area contributed by atoms with Crippen LogP contribution in [0.2, 0.25) is 0 Å². The fraction of sp³-hybridized carbons (Fsp3) is 0.889. The molecule has 0 saturated heterocycles. The minimum atomic E-state index is -0.252. The van der Waals surface area contributed by atoms with Gasteiger partial charge in [0.1, 0.15) is 5.84 Å². The Labute approximate surface area is 85.6 Å². The van der Waals surface area contributed by atoms with E-state index in [1.807, 2.05) is 13.8 Å². The molecule has 0 aliphatic carbocycles. The number of amidine groups is 1. The Kier molecular flexibility index (Phi) is 6.44. The molecule has 5 nitrogen and oxygen atoms in total. The summed E-state index contributed by atoms with van der Waals surface area (Å²) >= 11 is 0. The van der Waals surface area contributed by atoms with E-state index in [-0.39, 0.29) is 5.60 Å². The topological polar surface area (TPSA) is 68.9 Å². The number of hydrazine groups is 1. The summed E-state index contributed by atoms with van der Waals surface area (Å²) in [6.07, 6.45) is 0.656. The van der Waals surface area contributed by atoms with Crippen LogP contribution >= 0.6 is 0 Å². The van der Waals surface area contributed by atoms with Crippen LogP contribution in [0.4, 0.5) is 0 Å². The molecule has 0 fully saturated rings. The summed E-state index contributed by atoms with van der Waals surface area (Å²) in [4.78, 5) is 4.24. The average Bonchev–Trinajstić information content (AvgIpc) is 2.16. The molecular weight excluding hydrogens is 182 g/mol. The standard InChI is InChI=1S/C9H21N3O2/c1-9(2,14-4)7-8(12-10)11-5-6-13-3/h5-7,10H2,1-4H3,(H,11,12). The smallest absolute Gasteiger partial charge is 0.113 e. The quantitative estimate of drug-likeness (QED) is 0.214. The first kappa shape index (κ1) is 13.4. The molecule has 0 amide bonds. The van der Waals surface area contributed by atoms with Gasteiger partial charge in [0.05, 0.1) is 18.8 Å². The second-order valence-electron chi connectivity index (χ2n) is 3.61. The summed E-state index contributed by atoms with van der Waals surface area (Å²) in [6.45, 7) is 5.17. The molecule has 0 aromatic rings. The van der Waals surface area contributed by atoms with Gasteiger partial charge in [-0.2, -0.15) is 0 Å². The number of aliphatic imine (C=N–C) groups is 1. The second kappa shape index (κ2) is 6.75. The predicted molar refractivity (Wildman–Crippen MR) is 57.2 cm³/mol. The number of hydrogen-bond acceptors (Lipinski definition) is 4. The van der Waals surface area contributed by atoms with Crippen molar-refractivity contribution >= 4 is 5.84 Å². The third-order valence-electron chi connectivity index (χ3n) is 1.91. The van der Waals surface area contributed by atoms with Crippen LogP contribution < -0.4 is 11.3 Å². The van der Waals surface area contributed by atoms with Gasteiger partial charge in [0, 0.05) is 20.6 Å². The van der Waals surface area contributed by atoms with E-state index in [1.165, 1.54) is 0 Å². The van der Waals surface area contributed by atoms with Crippen molar-refractivity contribution in [3.63, 3.8) is 0 Å². The third kappa shape index (κ3) is 5.90. The van der Waals surface area contributed by atoms with Gasteiger partial charge in [0.2, 0.25) is 0 Å². The van der Waals surface area contributed by atoms with Crippen molar-refractivity contribution < 1.29 is 9.47 Å². The van der Waals surface area contributed by atoms with Crippen LogP contribution in [0.3, 0.4) is 0 Å². The predicted octanol–water partition coefficient (Wildman–Crippen LogP) is 0.310. The van der Waals surface area contributed by atoms with E-state index >= 15 is 0 Å². The molecular formula is C9H21N3O2. The fourth-order valence-electron chi connectivity index (χ4n) is 0.900. The molecule has 0 aromatic heterocycles. The zero-order valence-corrected chi connectivity index (χ0v) is 9.46. The maximum absolute atomic E-state index is 5.34. The molecule has 0 rings (SSSR count). The van der Waals surface area contributed by atoms with Crippen molar-refractivity contribution in [1.29, 1.82) is 0 Å². The zero-order chi connectivity index (χ0) is 11.0. The van der Waals surface area contributed by atoms with E-state index in [9.17, 15) is 0 Å². The number of ether oxygens (including phenoxy) is 2. The fourth-order valence-corrected chi connectivity index (χ4v) is 0.900. The first-order valence-electron chi connectivity index (χ1n) is 4.59. The SMILES string of the molecule is COCCN=C(CC(C)(C)OC)NN. The molecule has 84 valence electrons. The summed E-state index contributed by atoms with van der Waals surface area (Å²) < 4.78 is 10.2. The summed E-state index contributed by atoms with van der Waals surface area (Å²) in [6, 6.07) is 0. The maximum Gasteiger partial charge on any atom is 0.113 e. The highest BCUT2D eigenvalue weighted by molar-refractivity contribution is 5.82. The molecule has 0 radical (unpaired) electrons. The van der Waals surface area contributed by atoms with Crippen LogP contribution in [0, 0.1) is 0 Å². The lowest BCUT2D eigenvalue weighted by Gasteiger charge is -2.23. The lowest BCUT2D eigenvalue weighted by molar-refractivity contribution is 0.0286. The van der Waals surface area contributed by atoms with Crippen LogP contribution in [0.5, 0.6) is 0 Å². The third-order valence-corrected chi connectivity index (χ3v) is 1.91. The van der Waals surface area contributed by atoms with E-state index in [0.29, 0.717) is 19.6 Å². The van der Waals surface area contributed by atoms with Crippen molar-refractivity contribution in [2.75, 3.05) is 27.4 Å². The highest BCUT2D eigenvalue weighted by atomic mass is 16.5. The highest BCUT2D eigenvalue weighted by Gasteiger charge is 2.18. The summed E-state index contributed by atoms with van der Waals surface area (Å²) in [5.41, 5.74) is 2.31. The lowest BCUT2D eigenvalue weighted by Crippen LogP contribution is -2.37. The van der Waals surface area contributed by atoms with Gasteiger partial charge in [-0.05, 0) is 13.8 Å². The summed E-state index contributed by atoms with van der Waals surface area (Å²) in [5, 5.41) is 0. The molecule has 0 aromatic carbocycles. The molecule has 0 spiro atoms. The molecule has 0 saturated carbocycles. The average molecular weight is 203 g/mol. The Balaban J connectivity index is 4.07. The second-order valence-corrected chi connectivity index (χ2v) is 3.61. The molecule has 3 N–H and O–H groups in total. The number of nitrogens with zero attached hydrogens (tertiary/aromatic N) is 1. The van der Waals surface area contributed by atoms with Crippen molar-refractivity contribution in [3.05, 3.63) is 0 Å². The van der Waals surface area contributed by atoms with Crippen molar-refractivity contribution in [1.82, 2.24) is 5.43 Å². The molecule has 0 atom stereocenters. The monoisotopic (exact) mass is 203 g/mol. The summed E-state index contributed by atoms with van der Waals surface area (Å²) in [5.74, 6) is 6.07. The van der Waals surface area contributed by atoms with E-state index in [4.69, 9.17) is 15.3 Å². The summed E-state index contributed by atoms with van der Waals surface area (Å²) in [7, 11) is 3.31. The molecule has 14 heavy (non-hydrogen) atoms. The number of nitrogens with one attached hydrogen (secondary N) is 1. The van der Waals surface area contributed by atoms with E-state index < -0.39 is 0 Å². The van der Waals surface area contributed by atoms with Crippen LogP contribution in [-0.2, 0) is 9.47 Å². The van der Waals surface area contributed by atoms with Crippen LogP contribution in [0.1, 0.15) is 20.3 Å². The van der Waals surface area contributed by atoms with Crippen LogP contribution in [0.25, 0.3) is 0 Å². The molecule has 0 bridgehead atoms. The van der Waals surface area contributed by atoms with E-state index in [1.54, 1.807) is 14.2 Å². The Hall–Kier alpha value is -0.650. The first-order valence-corrected chi connectivity index (χ1v) is 4.59. The van der Waals surface area contributed by atoms with Crippen molar-refractivity contribution in [3.8, 4) is 0 Å². The molecule has 0 aliphatic heterocycles. The van der Waals surface area contributed by atoms with Gasteiger partial charge in [-0.15, -0.1) is 0 Å². The molecule has 5 heteroatoms. The maximum atomic E-state index is 5.34. The number of rotatable bonds is 6. The van der Waals surface area contributed by atoms with Crippen LogP contribution in [0.15, 0.2) is 4.99 Å². The van der Waals surface area contributed by atoms with Crippen molar-refractivity contribution in [2.24, 2.45) is 10.8 Å². The van der Waals surface area contributed by atoms with Crippen LogP contribution in [-0.4, -0.2) is 38.8 Å². The Morgan fingerprint density at radius 2 is 2.07 bits per heavy atom. The van der Waals surface area contributed by atoms with Gasteiger partial charge < -0.3 is 14.9 Å². The van der Waals surface area contributed by atoms with Crippen molar-refractivity contribution in [2.45, 2.75) is 25.9 Å². The Morgan fingerprint density at radius 1 is 1.43 bits per heavy atom.